The van der Waals surface area contributed by atoms with Crippen LogP contribution in [0, 0.1) is 33.1 Å². The second kappa shape index (κ2) is 11.4. The fourth-order valence-corrected chi connectivity index (χ4v) is 4.22. The van der Waals surface area contributed by atoms with Crippen molar-refractivity contribution in [1.82, 2.24) is 4.98 Å². The number of rotatable bonds is 10. The van der Waals surface area contributed by atoms with Gasteiger partial charge in [0.05, 0.1) is 14.2 Å². The van der Waals surface area contributed by atoms with Crippen molar-refractivity contribution in [2.24, 2.45) is 5.41 Å². The van der Waals surface area contributed by atoms with E-state index in [0.29, 0.717) is 17.2 Å². The summed E-state index contributed by atoms with van der Waals surface area (Å²) < 4.78 is 16.4. The van der Waals surface area contributed by atoms with Crippen molar-refractivity contribution in [3.8, 4) is 11.6 Å². The van der Waals surface area contributed by atoms with E-state index < -0.39 is 17.4 Å². The molecule has 0 bridgehead atoms. The molecular formula is C27H38N2O5. The highest BCUT2D eigenvalue weighted by molar-refractivity contribution is 6.00. The van der Waals surface area contributed by atoms with Gasteiger partial charge in [-0.1, -0.05) is 31.5 Å². The van der Waals surface area contributed by atoms with Crippen LogP contribution in [0.3, 0.4) is 0 Å². The third-order valence-corrected chi connectivity index (χ3v) is 6.17. The number of hydrogen-bond donors (Lipinski definition) is 1. The lowest BCUT2D eigenvalue weighted by Crippen LogP contribution is -2.40. The molecule has 0 atom stereocenters. The molecule has 34 heavy (non-hydrogen) atoms. The molecule has 2 aromatic rings. The lowest BCUT2D eigenvalue weighted by molar-refractivity contribution is -0.167. The highest BCUT2D eigenvalue weighted by Gasteiger charge is 2.45. The first-order chi connectivity index (χ1) is 16.0. The Labute approximate surface area is 203 Å². The predicted molar refractivity (Wildman–Crippen MR) is 134 cm³/mol. The molecule has 0 saturated carbocycles. The van der Waals surface area contributed by atoms with Crippen molar-refractivity contribution >= 4 is 17.6 Å². The Morgan fingerprint density at radius 1 is 0.971 bits per heavy atom. The molecule has 0 spiro atoms. The van der Waals surface area contributed by atoms with E-state index in [9.17, 15) is 9.59 Å². The zero-order valence-electron chi connectivity index (χ0n) is 21.9. The number of aryl methyl sites for hydroxylation is 4. The van der Waals surface area contributed by atoms with Crippen LogP contribution in [0.25, 0.3) is 0 Å². The van der Waals surface area contributed by atoms with Crippen LogP contribution in [-0.2, 0) is 25.5 Å². The minimum Gasteiger partial charge on any atom is -0.468 e. The number of hydrogen-bond acceptors (Lipinski definition) is 7. The quantitative estimate of drug-likeness (QED) is 0.357. The number of nitrogens with one attached hydrogen (secondary N) is 1. The first-order valence-corrected chi connectivity index (χ1v) is 11.7. The Balaban J connectivity index is 2.73. The van der Waals surface area contributed by atoms with Crippen LogP contribution in [0.1, 0.15) is 61.6 Å². The van der Waals surface area contributed by atoms with Crippen molar-refractivity contribution in [2.45, 2.75) is 73.8 Å². The lowest BCUT2D eigenvalue weighted by atomic mass is 9.83. The monoisotopic (exact) mass is 470 g/mol. The van der Waals surface area contributed by atoms with E-state index in [1.807, 2.05) is 45.9 Å². The molecule has 1 aromatic heterocycles. The third-order valence-electron chi connectivity index (χ3n) is 6.17. The maximum Gasteiger partial charge on any atom is 0.323 e. The van der Waals surface area contributed by atoms with Gasteiger partial charge in [-0.15, -0.1) is 0 Å². The number of esters is 2. The van der Waals surface area contributed by atoms with E-state index in [2.05, 4.69) is 24.1 Å². The molecule has 0 amide bonds. The van der Waals surface area contributed by atoms with Gasteiger partial charge in [0.2, 0.25) is 5.88 Å². The Bertz CT molecular complexity index is 1000. The molecule has 2 rings (SSSR count). The molecule has 7 heteroatoms. The minimum absolute atomic E-state index is 0.00139. The molecule has 186 valence electrons. The molecule has 0 radical (unpaired) electrons. The maximum atomic E-state index is 12.8. The van der Waals surface area contributed by atoms with Gasteiger partial charge in [0, 0.05) is 29.4 Å². The van der Waals surface area contributed by atoms with Crippen LogP contribution in [-0.4, -0.2) is 37.2 Å². The minimum atomic E-state index is -1.57. The summed E-state index contributed by atoms with van der Waals surface area (Å²) in [5, 5.41) is 3.56. The van der Waals surface area contributed by atoms with Crippen LogP contribution < -0.4 is 10.1 Å². The van der Waals surface area contributed by atoms with Gasteiger partial charge >= 0.3 is 11.9 Å². The van der Waals surface area contributed by atoms with Crippen LogP contribution in [0.15, 0.2) is 18.2 Å². The summed E-state index contributed by atoms with van der Waals surface area (Å²) in [5.41, 5.74) is 3.68. The number of aromatic nitrogens is 1. The van der Waals surface area contributed by atoms with E-state index in [4.69, 9.17) is 14.2 Å². The predicted octanol–water partition coefficient (Wildman–Crippen LogP) is 5.60. The van der Waals surface area contributed by atoms with E-state index in [1.54, 1.807) is 0 Å². The summed E-state index contributed by atoms with van der Waals surface area (Å²) in [4.78, 5) is 30.2. The molecular weight excluding hydrogens is 432 g/mol. The number of nitrogens with zero attached hydrogens (tertiary/aromatic N) is 1. The molecule has 1 aromatic carbocycles. The third kappa shape index (κ3) is 5.88. The summed E-state index contributed by atoms with van der Waals surface area (Å²) in [6.07, 6.45) is 1.82. The molecule has 0 aliphatic rings. The van der Waals surface area contributed by atoms with Crippen molar-refractivity contribution < 1.29 is 23.8 Å². The molecule has 0 saturated heterocycles. The summed E-state index contributed by atoms with van der Waals surface area (Å²) in [5.74, 6) is -0.303. The van der Waals surface area contributed by atoms with E-state index in [-0.39, 0.29) is 12.5 Å². The topological polar surface area (TPSA) is 86.8 Å². The second-order valence-electron chi connectivity index (χ2n) is 9.07. The van der Waals surface area contributed by atoms with Gasteiger partial charge < -0.3 is 19.5 Å². The molecule has 0 aliphatic carbocycles. The standard InChI is InChI=1S/C27H38N2O5/c1-10-20(11-2)29-22-14-19(6)28-24(34-23-17(4)12-16(3)13-18(23)5)21(22)15-27(7,25(30)32-8)26(31)33-9/h12-14,20H,10-11,15H2,1-9H3,(H,28,29). The van der Waals surface area contributed by atoms with E-state index in [1.165, 1.54) is 21.1 Å². The van der Waals surface area contributed by atoms with Gasteiger partial charge in [-0.25, -0.2) is 4.98 Å². The van der Waals surface area contributed by atoms with Gasteiger partial charge in [-0.2, -0.15) is 0 Å². The molecule has 1 heterocycles. The van der Waals surface area contributed by atoms with Gasteiger partial charge in [-0.05, 0) is 64.7 Å². The Morgan fingerprint density at radius 2 is 1.50 bits per heavy atom. The number of anilines is 1. The van der Waals surface area contributed by atoms with Crippen LogP contribution in [0.4, 0.5) is 5.69 Å². The fraction of sp³-hybridized carbons (Fsp3) is 0.519. The zero-order chi connectivity index (χ0) is 25.6. The van der Waals surface area contributed by atoms with Crippen LogP contribution in [0.5, 0.6) is 11.6 Å². The molecule has 0 aliphatic heterocycles. The summed E-state index contributed by atoms with van der Waals surface area (Å²) >= 11 is 0. The van der Waals surface area contributed by atoms with E-state index in [0.717, 1.165) is 40.9 Å². The normalized spacial score (nSPS) is 11.4. The SMILES string of the molecule is CCC(CC)Nc1cc(C)nc(Oc2c(C)cc(C)cc2C)c1CC(C)(C(=O)OC)C(=O)OC. The first-order valence-electron chi connectivity index (χ1n) is 11.7. The largest absolute Gasteiger partial charge is 0.468 e. The Hall–Kier alpha value is -3.09. The molecule has 0 unspecified atom stereocenters. The smallest absolute Gasteiger partial charge is 0.323 e. The average molecular weight is 471 g/mol. The van der Waals surface area contributed by atoms with Gasteiger partial charge in [0.25, 0.3) is 0 Å². The average Bonchev–Trinajstić information content (AvgIpc) is 2.79. The van der Waals surface area contributed by atoms with Gasteiger partial charge in [0.1, 0.15) is 5.75 Å². The fourth-order valence-electron chi connectivity index (χ4n) is 4.22. The molecule has 1 N–H and O–H groups in total. The second-order valence-corrected chi connectivity index (χ2v) is 9.07. The number of carbonyl (C=O) groups excluding carboxylic acids is 2. The van der Waals surface area contributed by atoms with Crippen molar-refractivity contribution in [3.63, 3.8) is 0 Å². The number of carbonyl (C=O) groups is 2. The lowest BCUT2D eigenvalue weighted by Gasteiger charge is -2.28. The molecule has 7 nitrogen and oxygen atoms in total. The maximum absolute atomic E-state index is 12.8. The first kappa shape index (κ1) is 27.2. The number of benzene rings is 1. The Kier molecular flexibility index (Phi) is 9.07. The highest BCUT2D eigenvalue weighted by Crippen LogP contribution is 2.39. The van der Waals surface area contributed by atoms with Crippen molar-refractivity contribution in [2.75, 3.05) is 19.5 Å². The highest BCUT2D eigenvalue weighted by atomic mass is 16.5. The number of ether oxygens (including phenoxy) is 3. The summed E-state index contributed by atoms with van der Waals surface area (Å²) in [6.45, 7) is 13.6. The summed E-state index contributed by atoms with van der Waals surface area (Å²) in [6, 6.07) is 6.23. The van der Waals surface area contributed by atoms with E-state index >= 15 is 0 Å². The van der Waals surface area contributed by atoms with Crippen LogP contribution >= 0.6 is 0 Å². The molecule has 0 fully saturated rings. The Morgan fingerprint density at radius 3 is 1.97 bits per heavy atom. The number of methoxy groups -OCH3 is 2. The van der Waals surface area contributed by atoms with Gasteiger partial charge in [0.15, 0.2) is 5.41 Å². The van der Waals surface area contributed by atoms with Crippen LogP contribution in [0.2, 0.25) is 0 Å². The number of pyridine rings is 1. The zero-order valence-corrected chi connectivity index (χ0v) is 21.9. The summed E-state index contributed by atoms with van der Waals surface area (Å²) in [7, 11) is 2.52. The van der Waals surface area contributed by atoms with Crippen molar-refractivity contribution in [3.05, 3.63) is 46.1 Å². The van der Waals surface area contributed by atoms with Crippen molar-refractivity contribution in [1.29, 1.82) is 0 Å². The van der Waals surface area contributed by atoms with Gasteiger partial charge in [-0.3, -0.25) is 9.59 Å².